The molecule has 0 heteroatoms. The highest BCUT2D eigenvalue weighted by Gasteiger charge is 2.01. The Labute approximate surface area is 111 Å². The fraction of sp³-hybridized carbons (Fsp3) is 0.333. The highest BCUT2D eigenvalue weighted by molar-refractivity contribution is 5.65. The van der Waals surface area contributed by atoms with Crippen molar-refractivity contribution in [1.29, 1.82) is 0 Å². The zero-order chi connectivity index (χ0) is 13.1. The van der Waals surface area contributed by atoms with E-state index in [0.717, 1.165) is 12.3 Å². The molecule has 0 nitrogen and oxygen atoms in total. The van der Waals surface area contributed by atoms with E-state index in [4.69, 9.17) is 0 Å². The second kappa shape index (κ2) is 5.39. The van der Waals surface area contributed by atoms with Crippen LogP contribution in [0.25, 0.3) is 11.1 Å². The Balaban J connectivity index is 2.25. The predicted octanol–water partition coefficient (Wildman–Crippen LogP) is 5.17. The lowest BCUT2D eigenvalue weighted by atomic mass is 9.97. The average molecular weight is 238 g/mol. The Hall–Kier alpha value is -1.56. The predicted molar refractivity (Wildman–Crippen MR) is 79.9 cm³/mol. The second-order valence-electron chi connectivity index (χ2n) is 5.59. The molecule has 0 saturated heterocycles. The molecule has 0 aromatic heterocycles. The van der Waals surface area contributed by atoms with Crippen LogP contribution >= 0.6 is 0 Å². The summed E-state index contributed by atoms with van der Waals surface area (Å²) in [4.78, 5) is 0. The van der Waals surface area contributed by atoms with E-state index in [1.807, 2.05) is 0 Å². The number of benzene rings is 2. The Kier molecular flexibility index (Phi) is 3.86. The maximum atomic E-state index is 2.27. The third-order valence-corrected chi connectivity index (χ3v) is 3.44. The van der Waals surface area contributed by atoms with Crippen molar-refractivity contribution in [3.63, 3.8) is 0 Å². The highest BCUT2D eigenvalue weighted by Crippen LogP contribution is 2.23. The standard InChI is InChI=1S/C18H22/c1-13(2)11-16-6-9-17(10-7-16)18-8-5-14(3)15(4)12-18/h5-10,12-13H,11H2,1-4H3. The topological polar surface area (TPSA) is 0 Å². The lowest BCUT2D eigenvalue weighted by molar-refractivity contribution is 0.647. The van der Waals surface area contributed by atoms with Crippen molar-refractivity contribution in [2.45, 2.75) is 34.1 Å². The number of aryl methyl sites for hydroxylation is 2. The first-order valence-corrected chi connectivity index (χ1v) is 6.73. The van der Waals surface area contributed by atoms with E-state index in [0.29, 0.717) is 0 Å². The van der Waals surface area contributed by atoms with E-state index in [2.05, 4.69) is 70.2 Å². The maximum absolute atomic E-state index is 2.27. The summed E-state index contributed by atoms with van der Waals surface area (Å²) in [6, 6.07) is 15.7. The molecule has 0 aliphatic carbocycles. The summed E-state index contributed by atoms with van der Waals surface area (Å²) in [6.07, 6.45) is 1.16. The molecule has 2 rings (SSSR count). The SMILES string of the molecule is Cc1ccc(-c2ccc(CC(C)C)cc2)cc1C. The van der Waals surface area contributed by atoms with Crippen molar-refractivity contribution in [2.75, 3.05) is 0 Å². The van der Waals surface area contributed by atoms with Gasteiger partial charge in [0.1, 0.15) is 0 Å². The molecule has 0 bridgehead atoms. The van der Waals surface area contributed by atoms with Gasteiger partial charge in [0.15, 0.2) is 0 Å². The van der Waals surface area contributed by atoms with Crippen LogP contribution in [0.2, 0.25) is 0 Å². The first kappa shape index (κ1) is 12.9. The Bertz CT molecular complexity index is 518. The summed E-state index contributed by atoms with van der Waals surface area (Å²) in [5.41, 5.74) is 6.77. The molecule has 18 heavy (non-hydrogen) atoms. The molecule has 0 heterocycles. The third kappa shape index (κ3) is 3.01. The summed E-state index contributed by atoms with van der Waals surface area (Å²) in [6.45, 7) is 8.85. The molecule has 2 aromatic carbocycles. The molecule has 0 amide bonds. The van der Waals surface area contributed by atoms with Gasteiger partial charge in [0.25, 0.3) is 0 Å². The lowest BCUT2D eigenvalue weighted by Gasteiger charge is -2.08. The minimum Gasteiger partial charge on any atom is -0.0625 e. The van der Waals surface area contributed by atoms with Crippen LogP contribution in [0.15, 0.2) is 42.5 Å². The molecule has 0 radical (unpaired) electrons. The molecular weight excluding hydrogens is 216 g/mol. The Morgan fingerprint density at radius 1 is 0.778 bits per heavy atom. The monoisotopic (exact) mass is 238 g/mol. The minimum atomic E-state index is 0.720. The Morgan fingerprint density at radius 3 is 1.94 bits per heavy atom. The van der Waals surface area contributed by atoms with E-state index >= 15 is 0 Å². The fourth-order valence-corrected chi connectivity index (χ4v) is 2.23. The smallest absolute Gasteiger partial charge is 0.0181 e. The normalized spacial score (nSPS) is 10.9. The molecule has 0 unspecified atom stereocenters. The van der Waals surface area contributed by atoms with Crippen LogP contribution in [-0.4, -0.2) is 0 Å². The molecule has 2 aromatic rings. The van der Waals surface area contributed by atoms with Gasteiger partial charge in [0.05, 0.1) is 0 Å². The van der Waals surface area contributed by atoms with Crippen molar-refractivity contribution >= 4 is 0 Å². The summed E-state index contributed by atoms with van der Waals surface area (Å²) >= 11 is 0. The maximum Gasteiger partial charge on any atom is -0.0181 e. The minimum absolute atomic E-state index is 0.720. The average Bonchev–Trinajstić information content (AvgIpc) is 2.33. The van der Waals surface area contributed by atoms with Gasteiger partial charge in [0.2, 0.25) is 0 Å². The van der Waals surface area contributed by atoms with Crippen molar-refractivity contribution in [3.8, 4) is 11.1 Å². The number of hydrogen-bond acceptors (Lipinski definition) is 0. The molecule has 0 spiro atoms. The molecule has 0 aliphatic heterocycles. The second-order valence-corrected chi connectivity index (χ2v) is 5.59. The van der Waals surface area contributed by atoms with Gasteiger partial charge >= 0.3 is 0 Å². The summed E-state index contributed by atoms with van der Waals surface area (Å²) < 4.78 is 0. The molecule has 0 N–H and O–H groups in total. The third-order valence-electron chi connectivity index (χ3n) is 3.44. The van der Waals surface area contributed by atoms with E-state index in [1.54, 1.807) is 0 Å². The molecule has 0 fully saturated rings. The van der Waals surface area contributed by atoms with Gasteiger partial charge in [-0.3, -0.25) is 0 Å². The zero-order valence-electron chi connectivity index (χ0n) is 11.8. The van der Waals surface area contributed by atoms with Crippen LogP contribution < -0.4 is 0 Å². The van der Waals surface area contributed by atoms with Gasteiger partial charge in [-0.05, 0) is 54.0 Å². The van der Waals surface area contributed by atoms with Gasteiger partial charge in [-0.15, -0.1) is 0 Å². The number of rotatable bonds is 3. The first-order chi connectivity index (χ1) is 8.56. The van der Waals surface area contributed by atoms with Gasteiger partial charge in [0, 0.05) is 0 Å². The van der Waals surface area contributed by atoms with E-state index < -0.39 is 0 Å². The molecule has 0 aliphatic rings. The summed E-state index contributed by atoms with van der Waals surface area (Å²) in [5, 5.41) is 0. The molecule has 94 valence electrons. The van der Waals surface area contributed by atoms with Gasteiger partial charge in [-0.2, -0.15) is 0 Å². The van der Waals surface area contributed by atoms with Crippen LogP contribution in [0.1, 0.15) is 30.5 Å². The molecule has 0 saturated carbocycles. The van der Waals surface area contributed by atoms with E-state index in [9.17, 15) is 0 Å². The number of hydrogen-bond donors (Lipinski definition) is 0. The van der Waals surface area contributed by atoms with Crippen LogP contribution in [0, 0.1) is 19.8 Å². The van der Waals surface area contributed by atoms with Crippen LogP contribution in [0.5, 0.6) is 0 Å². The summed E-state index contributed by atoms with van der Waals surface area (Å²) in [7, 11) is 0. The van der Waals surface area contributed by atoms with Crippen LogP contribution in [0.3, 0.4) is 0 Å². The summed E-state index contributed by atoms with van der Waals surface area (Å²) in [5.74, 6) is 0.720. The molecular formula is C18H22. The Morgan fingerprint density at radius 2 is 1.39 bits per heavy atom. The van der Waals surface area contributed by atoms with Crippen LogP contribution in [-0.2, 0) is 6.42 Å². The van der Waals surface area contributed by atoms with Gasteiger partial charge in [-0.25, -0.2) is 0 Å². The zero-order valence-corrected chi connectivity index (χ0v) is 11.8. The van der Waals surface area contributed by atoms with Crippen LogP contribution in [0.4, 0.5) is 0 Å². The van der Waals surface area contributed by atoms with Crippen molar-refractivity contribution in [1.82, 2.24) is 0 Å². The van der Waals surface area contributed by atoms with Gasteiger partial charge in [-0.1, -0.05) is 56.3 Å². The van der Waals surface area contributed by atoms with E-state index in [-0.39, 0.29) is 0 Å². The van der Waals surface area contributed by atoms with Gasteiger partial charge < -0.3 is 0 Å². The first-order valence-electron chi connectivity index (χ1n) is 6.73. The van der Waals surface area contributed by atoms with Crippen molar-refractivity contribution in [3.05, 3.63) is 59.2 Å². The van der Waals surface area contributed by atoms with Crippen molar-refractivity contribution < 1.29 is 0 Å². The largest absolute Gasteiger partial charge is 0.0625 e. The molecule has 0 atom stereocenters. The lowest BCUT2D eigenvalue weighted by Crippen LogP contribution is -1.93. The quantitative estimate of drug-likeness (QED) is 0.692. The van der Waals surface area contributed by atoms with E-state index in [1.165, 1.54) is 27.8 Å². The fourth-order valence-electron chi connectivity index (χ4n) is 2.23. The van der Waals surface area contributed by atoms with Crippen molar-refractivity contribution in [2.24, 2.45) is 5.92 Å². The highest BCUT2D eigenvalue weighted by atomic mass is 14.1.